The minimum absolute atomic E-state index is 0.244. The number of rotatable bonds is 4. The molecule has 2 aromatic heterocycles. The SMILES string of the molecule is Nc1ncnc2c(-c3ccc(Oc4ccccc4)cc3)nn(C3CCCNC3)c12. The molecule has 0 bridgehead atoms. The summed E-state index contributed by atoms with van der Waals surface area (Å²) in [6, 6.07) is 17.9. The van der Waals surface area contributed by atoms with Gasteiger partial charge < -0.3 is 15.8 Å². The van der Waals surface area contributed by atoms with Gasteiger partial charge >= 0.3 is 0 Å². The zero-order valence-electron chi connectivity index (χ0n) is 16.0. The van der Waals surface area contributed by atoms with Crippen LogP contribution in [-0.4, -0.2) is 32.8 Å². The third kappa shape index (κ3) is 3.40. The molecule has 0 spiro atoms. The summed E-state index contributed by atoms with van der Waals surface area (Å²) in [6.07, 6.45) is 3.67. The molecule has 1 fully saturated rings. The lowest BCUT2D eigenvalue weighted by atomic mass is 10.1. The Morgan fingerprint density at radius 3 is 2.55 bits per heavy atom. The predicted molar refractivity (Wildman–Crippen MR) is 113 cm³/mol. The molecule has 1 saturated heterocycles. The number of para-hydroxylation sites is 1. The molecule has 2 aromatic carbocycles. The van der Waals surface area contributed by atoms with Gasteiger partial charge in [0.25, 0.3) is 0 Å². The number of ether oxygens (including phenoxy) is 1. The van der Waals surface area contributed by atoms with Crippen LogP contribution in [0.25, 0.3) is 22.3 Å². The average molecular weight is 386 g/mol. The van der Waals surface area contributed by atoms with Crippen LogP contribution in [-0.2, 0) is 0 Å². The quantitative estimate of drug-likeness (QED) is 0.554. The second kappa shape index (κ2) is 7.52. The summed E-state index contributed by atoms with van der Waals surface area (Å²) in [6.45, 7) is 1.91. The second-order valence-corrected chi connectivity index (χ2v) is 7.19. The maximum atomic E-state index is 6.21. The second-order valence-electron chi connectivity index (χ2n) is 7.19. The van der Waals surface area contributed by atoms with Crippen LogP contribution >= 0.6 is 0 Å². The molecule has 5 rings (SSSR count). The van der Waals surface area contributed by atoms with E-state index in [1.165, 1.54) is 6.33 Å². The van der Waals surface area contributed by atoms with Crippen LogP contribution in [0.5, 0.6) is 11.5 Å². The Bertz CT molecular complexity index is 1120. The molecule has 0 amide bonds. The van der Waals surface area contributed by atoms with Crippen molar-refractivity contribution in [2.45, 2.75) is 18.9 Å². The van der Waals surface area contributed by atoms with E-state index in [1.807, 2.05) is 59.3 Å². The number of piperidine rings is 1. The summed E-state index contributed by atoms with van der Waals surface area (Å²) < 4.78 is 7.90. The van der Waals surface area contributed by atoms with Crippen molar-refractivity contribution in [1.29, 1.82) is 0 Å². The van der Waals surface area contributed by atoms with Gasteiger partial charge in [-0.3, -0.25) is 4.68 Å². The third-order valence-electron chi connectivity index (χ3n) is 5.24. The fraction of sp³-hybridized carbons (Fsp3) is 0.227. The van der Waals surface area contributed by atoms with Gasteiger partial charge in [-0.2, -0.15) is 5.10 Å². The van der Waals surface area contributed by atoms with E-state index in [0.29, 0.717) is 5.82 Å². The summed E-state index contributed by atoms with van der Waals surface area (Å²) in [7, 11) is 0. The molecular formula is C22H22N6O. The topological polar surface area (TPSA) is 90.9 Å². The molecule has 0 radical (unpaired) electrons. The number of hydrogen-bond donors (Lipinski definition) is 2. The lowest BCUT2D eigenvalue weighted by Gasteiger charge is -2.23. The number of nitrogens with one attached hydrogen (secondary N) is 1. The van der Waals surface area contributed by atoms with Gasteiger partial charge in [0.05, 0.1) is 6.04 Å². The van der Waals surface area contributed by atoms with Crippen molar-refractivity contribution in [3.8, 4) is 22.8 Å². The molecular weight excluding hydrogens is 364 g/mol. The Morgan fingerprint density at radius 1 is 1.00 bits per heavy atom. The van der Waals surface area contributed by atoms with Crippen LogP contribution < -0.4 is 15.8 Å². The lowest BCUT2D eigenvalue weighted by Crippen LogP contribution is -2.32. The van der Waals surface area contributed by atoms with Gasteiger partial charge in [0.2, 0.25) is 0 Å². The first kappa shape index (κ1) is 17.6. The highest BCUT2D eigenvalue weighted by molar-refractivity contribution is 5.95. The van der Waals surface area contributed by atoms with E-state index in [-0.39, 0.29) is 6.04 Å². The smallest absolute Gasteiger partial charge is 0.153 e. The van der Waals surface area contributed by atoms with E-state index >= 15 is 0 Å². The molecule has 29 heavy (non-hydrogen) atoms. The van der Waals surface area contributed by atoms with Gasteiger partial charge in [-0.25, -0.2) is 9.97 Å². The maximum Gasteiger partial charge on any atom is 0.153 e. The van der Waals surface area contributed by atoms with E-state index in [0.717, 1.165) is 59.7 Å². The van der Waals surface area contributed by atoms with Gasteiger partial charge in [-0.1, -0.05) is 18.2 Å². The molecule has 146 valence electrons. The zero-order valence-corrected chi connectivity index (χ0v) is 16.0. The van der Waals surface area contributed by atoms with Crippen LogP contribution in [0.4, 0.5) is 5.82 Å². The first-order valence-electron chi connectivity index (χ1n) is 9.82. The number of nitrogens with two attached hydrogens (primary N) is 1. The minimum Gasteiger partial charge on any atom is -0.457 e. The summed E-state index contributed by atoms with van der Waals surface area (Å²) in [5.74, 6) is 2.04. The Morgan fingerprint density at radius 2 is 1.79 bits per heavy atom. The minimum atomic E-state index is 0.244. The van der Waals surface area contributed by atoms with Crippen molar-refractivity contribution < 1.29 is 4.74 Å². The fourth-order valence-corrected chi connectivity index (χ4v) is 3.80. The number of nitrogen functional groups attached to an aromatic ring is 1. The number of aromatic nitrogens is 4. The van der Waals surface area contributed by atoms with Crippen LogP contribution in [0.2, 0.25) is 0 Å². The monoisotopic (exact) mass is 386 g/mol. The van der Waals surface area contributed by atoms with Gasteiger partial charge in [-0.15, -0.1) is 0 Å². The molecule has 7 nitrogen and oxygen atoms in total. The van der Waals surface area contributed by atoms with Gasteiger partial charge in [0.1, 0.15) is 34.6 Å². The molecule has 1 aliphatic heterocycles. The van der Waals surface area contributed by atoms with E-state index in [1.54, 1.807) is 0 Å². The third-order valence-corrected chi connectivity index (χ3v) is 5.24. The van der Waals surface area contributed by atoms with Gasteiger partial charge in [0.15, 0.2) is 5.82 Å². The molecule has 0 aliphatic carbocycles. The molecule has 7 heteroatoms. The van der Waals surface area contributed by atoms with Gasteiger partial charge in [-0.05, 0) is 55.8 Å². The summed E-state index contributed by atoms with van der Waals surface area (Å²) >= 11 is 0. The Labute approximate surface area is 168 Å². The van der Waals surface area contributed by atoms with Crippen molar-refractivity contribution in [2.75, 3.05) is 18.8 Å². The van der Waals surface area contributed by atoms with E-state index < -0.39 is 0 Å². The number of nitrogens with zero attached hydrogens (tertiary/aromatic N) is 4. The number of benzene rings is 2. The zero-order chi connectivity index (χ0) is 19.6. The Hall–Kier alpha value is -3.45. The largest absolute Gasteiger partial charge is 0.457 e. The summed E-state index contributed by atoms with van der Waals surface area (Å²) in [5, 5.41) is 8.35. The van der Waals surface area contributed by atoms with E-state index in [9.17, 15) is 0 Å². The maximum absolute atomic E-state index is 6.21. The first-order chi connectivity index (χ1) is 14.3. The van der Waals surface area contributed by atoms with Crippen LogP contribution in [0.15, 0.2) is 60.9 Å². The fourth-order valence-electron chi connectivity index (χ4n) is 3.80. The highest BCUT2D eigenvalue weighted by atomic mass is 16.5. The number of anilines is 1. The molecule has 3 heterocycles. The standard InChI is InChI=1S/C22H22N6O/c23-22-21-20(25-14-26-22)19(27-28(21)16-5-4-12-24-13-16)15-8-10-18(11-9-15)29-17-6-2-1-3-7-17/h1-3,6-11,14,16,24H,4-5,12-13H2,(H2,23,25,26). The van der Waals surface area contributed by atoms with Crippen LogP contribution in [0.1, 0.15) is 18.9 Å². The van der Waals surface area contributed by atoms with Crippen LogP contribution in [0.3, 0.4) is 0 Å². The highest BCUT2D eigenvalue weighted by Gasteiger charge is 2.23. The average Bonchev–Trinajstić information content (AvgIpc) is 3.17. The molecule has 1 atom stereocenters. The van der Waals surface area contributed by atoms with Gasteiger partial charge in [0, 0.05) is 12.1 Å². The lowest BCUT2D eigenvalue weighted by molar-refractivity contribution is 0.355. The molecule has 1 aliphatic rings. The Kier molecular flexibility index (Phi) is 4.57. The van der Waals surface area contributed by atoms with Crippen LogP contribution in [0, 0.1) is 0 Å². The molecule has 0 saturated carbocycles. The van der Waals surface area contributed by atoms with Crippen molar-refractivity contribution in [3.05, 3.63) is 60.9 Å². The van der Waals surface area contributed by atoms with E-state index in [4.69, 9.17) is 15.6 Å². The van der Waals surface area contributed by atoms with Crippen molar-refractivity contribution in [1.82, 2.24) is 25.1 Å². The Balaban J connectivity index is 1.52. The summed E-state index contributed by atoms with van der Waals surface area (Å²) in [4.78, 5) is 8.69. The molecule has 3 N–H and O–H groups in total. The molecule has 1 unspecified atom stereocenters. The van der Waals surface area contributed by atoms with E-state index in [2.05, 4.69) is 15.3 Å². The predicted octanol–water partition coefficient (Wildman–Crippen LogP) is 3.79. The number of hydrogen-bond acceptors (Lipinski definition) is 6. The number of fused-ring (bicyclic) bond motifs is 1. The van der Waals surface area contributed by atoms with Crippen molar-refractivity contribution in [3.63, 3.8) is 0 Å². The molecule has 4 aromatic rings. The van der Waals surface area contributed by atoms with Crippen molar-refractivity contribution in [2.24, 2.45) is 0 Å². The normalized spacial score (nSPS) is 16.8. The van der Waals surface area contributed by atoms with Crippen molar-refractivity contribution >= 4 is 16.9 Å². The summed E-state index contributed by atoms with van der Waals surface area (Å²) in [5.41, 5.74) is 9.58. The highest BCUT2D eigenvalue weighted by Crippen LogP contribution is 2.33. The first-order valence-corrected chi connectivity index (χ1v) is 9.82.